The van der Waals surface area contributed by atoms with E-state index in [1.54, 1.807) is 0 Å². The maximum absolute atomic E-state index is 4.74. The van der Waals surface area contributed by atoms with Gasteiger partial charge in [0, 0.05) is 17.3 Å². The Kier molecular flexibility index (Phi) is 6.55. The highest BCUT2D eigenvalue weighted by Gasteiger charge is 2.17. The molecule has 0 radical (unpaired) electrons. The first-order valence-corrected chi connectivity index (χ1v) is 15.0. The molecule has 0 fully saturated rings. The number of fused-ring (bicyclic) bond motifs is 2. The molecular formula is C43H29N. The number of hydrogen-bond acceptors (Lipinski definition) is 1. The Morgan fingerprint density at radius 2 is 0.705 bits per heavy atom. The van der Waals surface area contributed by atoms with Crippen molar-refractivity contribution in [1.29, 1.82) is 0 Å². The van der Waals surface area contributed by atoms with Gasteiger partial charge in [-0.15, -0.1) is 0 Å². The average molecular weight is 560 g/mol. The number of rotatable bonds is 5. The molecule has 7 aromatic carbocycles. The highest BCUT2D eigenvalue weighted by atomic mass is 14.7. The second kappa shape index (κ2) is 11.1. The average Bonchev–Trinajstić information content (AvgIpc) is 3.11. The summed E-state index contributed by atoms with van der Waals surface area (Å²) in [5, 5.41) is 5.06. The lowest BCUT2D eigenvalue weighted by molar-refractivity contribution is 1.32. The molecule has 1 heterocycles. The smallest absolute Gasteiger partial charge is 0.0702 e. The van der Waals surface area contributed by atoms with Crippen LogP contribution in [-0.4, -0.2) is 4.98 Å². The second-order valence-electron chi connectivity index (χ2n) is 11.2. The molecule has 206 valence electrons. The van der Waals surface area contributed by atoms with Crippen LogP contribution in [0, 0.1) is 0 Å². The van der Waals surface area contributed by atoms with Crippen molar-refractivity contribution in [1.82, 2.24) is 4.98 Å². The van der Waals surface area contributed by atoms with E-state index in [4.69, 9.17) is 4.98 Å². The SMILES string of the molecule is c1ccc(-c2ccc(-c3ccc(-c4ccc5c(-c6ccccc6)c6ccccc6c(-c6ccccc6)c5c4)cc3)cn2)cc1. The van der Waals surface area contributed by atoms with Crippen LogP contribution < -0.4 is 0 Å². The van der Waals surface area contributed by atoms with Crippen molar-refractivity contribution in [2.45, 2.75) is 0 Å². The van der Waals surface area contributed by atoms with E-state index < -0.39 is 0 Å². The molecule has 0 atom stereocenters. The van der Waals surface area contributed by atoms with Gasteiger partial charge < -0.3 is 0 Å². The van der Waals surface area contributed by atoms with Crippen LogP contribution in [0.4, 0.5) is 0 Å². The molecular weight excluding hydrogens is 530 g/mol. The highest BCUT2D eigenvalue weighted by molar-refractivity contribution is 6.21. The standard InChI is InChI=1S/C43H29N/c1-4-12-32(13-5-1)41-27-25-36(29-44-41)31-22-20-30(21-23-31)35-24-26-39-40(28-35)43(34-16-8-3-9-17-34)38-19-11-10-18-37(38)42(39)33-14-6-2-7-15-33/h1-29H. The number of pyridine rings is 1. The summed E-state index contributed by atoms with van der Waals surface area (Å²) in [6, 6.07) is 60.8. The molecule has 8 aromatic rings. The summed E-state index contributed by atoms with van der Waals surface area (Å²) in [6.45, 7) is 0. The quantitative estimate of drug-likeness (QED) is 0.191. The zero-order valence-electron chi connectivity index (χ0n) is 24.2. The van der Waals surface area contributed by atoms with Crippen molar-refractivity contribution in [2.75, 3.05) is 0 Å². The molecule has 0 bridgehead atoms. The number of hydrogen-bond donors (Lipinski definition) is 0. The molecule has 1 heteroatoms. The number of benzene rings is 7. The molecule has 1 nitrogen and oxygen atoms in total. The van der Waals surface area contributed by atoms with Crippen molar-refractivity contribution in [3.8, 4) is 55.8 Å². The molecule has 0 N–H and O–H groups in total. The van der Waals surface area contributed by atoms with Crippen molar-refractivity contribution >= 4 is 21.5 Å². The van der Waals surface area contributed by atoms with Crippen LogP contribution in [0.25, 0.3) is 77.3 Å². The predicted octanol–water partition coefficient (Wildman–Crippen LogP) is 11.7. The summed E-state index contributed by atoms with van der Waals surface area (Å²) in [5.74, 6) is 0. The Morgan fingerprint density at radius 1 is 0.273 bits per heavy atom. The van der Waals surface area contributed by atoms with Gasteiger partial charge in [-0.05, 0) is 72.6 Å². The van der Waals surface area contributed by atoms with Crippen LogP contribution in [0.2, 0.25) is 0 Å². The van der Waals surface area contributed by atoms with Gasteiger partial charge in [0.2, 0.25) is 0 Å². The Bertz CT molecular complexity index is 2220. The van der Waals surface area contributed by atoms with E-state index in [1.165, 1.54) is 54.9 Å². The normalized spacial score (nSPS) is 11.2. The van der Waals surface area contributed by atoms with Crippen LogP contribution in [0.1, 0.15) is 0 Å². The van der Waals surface area contributed by atoms with E-state index in [9.17, 15) is 0 Å². The third-order valence-electron chi connectivity index (χ3n) is 8.53. The summed E-state index contributed by atoms with van der Waals surface area (Å²) in [4.78, 5) is 4.74. The van der Waals surface area contributed by atoms with E-state index >= 15 is 0 Å². The van der Waals surface area contributed by atoms with Crippen LogP contribution in [0.15, 0.2) is 176 Å². The highest BCUT2D eigenvalue weighted by Crippen LogP contribution is 2.44. The van der Waals surface area contributed by atoms with Gasteiger partial charge in [-0.3, -0.25) is 4.98 Å². The van der Waals surface area contributed by atoms with Gasteiger partial charge in [0.15, 0.2) is 0 Å². The van der Waals surface area contributed by atoms with Gasteiger partial charge in [0.1, 0.15) is 0 Å². The fourth-order valence-electron chi connectivity index (χ4n) is 6.39. The monoisotopic (exact) mass is 559 g/mol. The molecule has 0 saturated heterocycles. The minimum absolute atomic E-state index is 0.985. The molecule has 8 rings (SSSR count). The maximum Gasteiger partial charge on any atom is 0.0702 e. The van der Waals surface area contributed by atoms with Gasteiger partial charge in [0.05, 0.1) is 5.69 Å². The van der Waals surface area contributed by atoms with E-state index in [0.29, 0.717) is 0 Å². The van der Waals surface area contributed by atoms with Crippen molar-refractivity contribution in [3.05, 3.63) is 176 Å². The second-order valence-corrected chi connectivity index (χ2v) is 11.2. The first-order chi connectivity index (χ1) is 21.8. The van der Waals surface area contributed by atoms with Gasteiger partial charge in [0.25, 0.3) is 0 Å². The topological polar surface area (TPSA) is 12.9 Å². The van der Waals surface area contributed by atoms with Gasteiger partial charge in [-0.2, -0.15) is 0 Å². The van der Waals surface area contributed by atoms with E-state index in [-0.39, 0.29) is 0 Å². The minimum atomic E-state index is 0.985. The van der Waals surface area contributed by atoms with E-state index in [2.05, 4.69) is 152 Å². The Hall–Kier alpha value is -5.79. The van der Waals surface area contributed by atoms with E-state index in [1.807, 2.05) is 24.4 Å². The summed E-state index contributed by atoms with van der Waals surface area (Å²) in [6.07, 6.45) is 1.97. The lowest BCUT2D eigenvalue weighted by atomic mass is 9.85. The molecule has 0 aliphatic heterocycles. The third kappa shape index (κ3) is 4.65. The first kappa shape index (κ1) is 25.9. The molecule has 0 spiro atoms. The zero-order valence-corrected chi connectivity index (χ0v) is 24.2. The lowest BCUT2D eigenvalue weighted by Gasteiger charge is -2.18. The fraction of sp³-hybridized carbons (Fsp3) is 0. The van der Waals surface area contributed by atoms with Crippen LogP contribution in [-0.2, 0) is 0 Å². The van der Waals surface area contributed by atoms with Crippen molar-refractivity contribution in [2.24, 2.45) is 0 Å². The zero-order chi connectivity index (χ0) is 29.3. The molecule has 1 aromatic heterocycles. The van der Waals surface area contributed by atoms with Crippen LogP contribution >= 0.6 is 0 Å². The summed E-state index contributed by atoms with van der Waals surface area (Å²) in [5.41, 5.74) is 11.8. The summed E-state index contributed by atoms with van der Waals surface area (Å²) in [7, 11) is 0. The number of aromatic nitrogens is 1. The summed E-state index contributed by atoms with van der Waals surface area (Å²) < 4.78 is 0. The Balaban J connectivity index is 1.26. The molecule has 0 aliphatic rings. The Morgan fingerprint density at radius 3 is 1.25 bits per heavy atom. The van der Waals surface area contributed by atoms with Crippen LogP contribution in [0.5, 0.6) is 0 Å². The first-order valence-electron chi connectivity index (χ1n) is 15.0. The van der Waals surface area contributed by atoms with Crippen molar-refractivity contribution < 1.29 is 0 Å². The minimum Gasteiger partial charge on any atom is -0.256 e. The van der Waals surface area contributed by atoms with Gasteiger partial charge in [-0.1, -0.05) is 158 Å². The van der Waals surface area contributed by atoms with Crippen LogP contribution in [0.3, 0.4) is 0 Å². The van der Waals surface area contributed by atoms with Crippen molar-refractivity contribution in [3.63, 3.8) is 0 Å². The van der Waals surface area contributed by atoms with E-state index in [0.717, 1.165) is 22.4 Å². The van der Waals surface area contributed by atoms with Gasteiger partial charge in [-0.25, -0.2) is 0 Å². The van der Waals surface area contributed by atoms with Gasteiger partial charge >= 0.3 is 0 Å². The fourth-order valence-corrected chi connectivity index (χ4v) is 6.39. The molecule has 0 saturated carbocycles. The third-order valence-corrected chi connectivity index (χ3v) is 8.53. The largest absolute Gasteiger partial charge is 0.256 e. The molecule has 0 amide bonds. The predicted molar refractivity (Wildman–Crippen MR) is 186 cm³/mol. The number of nitrogens with zero attached hydrogens (tertiary/aromatic N) is 1. The molecule has 0 aliphatic carbocycles. The Labute approximate surface area is 257 Å². The maximum atomic E-state index is 4.74. The summed E-state index contributed by atoms with van der Waals surface area (Å²) >= 11 is 0. The molecule has 44 heavy (non-hydrogen) atoms. The molecule has 0 unspecified atom stereocenters. The lowest BCUT2D eigenvalue weighted by Crippen LogP contribution is -1.91.